The van der Waals surface area contributed by atoms with Crippen LogP contribution in [-0.4, -0.2) is 24.6 Å². The van der Waals surface area contributed by atoms with Gasteiger partial charge in [-0.1, -0.05) is 60.1 Å². The number of aromatic nitrogens is 2. The van der Waals surface area contributed by atoms with Crippen LogP contribution in [0.4, 0.5) is 0 Å². The molecular weight excluding hydrogens is 392 g/mol. The van der Waals surface area contributed by atoms with Crippen LogP contribution in [-0.2, 0) is 9.84 Å². The van der Waals surface area contributed by atoms with Crippen molar-refractivity contribution in [3.63, 3.8) is 0 Å². The predicted octanol–water partition coefficient (Wildman–Crippen LogP) is 5.33. The van der Waals surface area contributed by atoms with Crippen LogP contribution in [0.1, 0.15) is 5.69 Å². The molecule has 1 heterocycles. The van der Waals surface area contributed by atoms with Crippen molar-refractivity contribution >= 4 is 32.5 Å². The minimum Gasteiger partial charge on any atom is -0.249 e. The van der Waals surface area contributed by atoms with E-state index >= 15 is 0 Å². The van der Waals surface area contributed by atoms with Crippen molar-refractivity contribution < 1.29 is 8.42 Å². The van der Waals surface area contributed by atoms with Crippen molar-refractivity contribution in [2.45, 2.75) is 11.8 Å². The van der Waals surface area contributed by atoms with Gasteiger partial charge in [-0.05, 0) is 36.2 Å². The van der Waals surface area contributed by atoms with E-state index in [0.717, 1.165) is 11.1 Å². The van der Waals surface area contributed by atoms with Crippen LogP contribution in [0.25, 0.3) is 33.4 Å². The Morgan fingerprint density at radius 2 is 1.61 bits per heavy atom. The molecule has 0 atom stereocenters. The summed E-state index contributed by atoms with van der Waals surface area (Å²) in [5.74, 6) is 0. The van der Waals surface area contributed by atoms with E-state index in [9.17, 15) is 8.42 Å². The largest absolute Gasteiger partial charge is 0.249 e. The summed E-state index contributed by atoms with van der Waals surface area (Å²) in [5, 5.41) is 0.480. The first-order valence-electron chi connectivity index (χ1n) is 8.67. The molecule has 0 radical (unpaired) electrons. The summed E-state index contributed by atoms with van der Waals surface area (Å²) in [6.45, 7) is 1.82. The molecule has 0 N–H and O–H groups in total. The molecule has 0 saturated carbocycles. The highest BCUT2D eigenvalue weighted by molar-refractivity contribution is 7.90. The van der Waals surface area contributed by atoms with Gasteiger partial charge < -0.3 is 0 Å². The second kappa shape index (κ2) is 7.00. The van der Waals surface area contributed by atoms with Crippen LogP contribution in [0.5, 0.6) is 0 Å². The molecule has 140 valence electrons. The topological polar surface area (TPSA) is 59.9 Å². The molecule has 0 aliphatic carbocycles. The van der Waals surface area contributed by atoms with E-state index in [2.05, 4.69) is 9.97 Å². The van der Waals surface area contributed by atoms with E-state index in [4.69, 9.17) is 11.6 Å². The van der Waals surface area contributed by atoms with Crippen molar-refractivity contribution in [1.29, 1.82) is 0 Å². The number of rotatable bonds is 3. The Kier molecular flexibility index (Phi) is 4.65. The molecule has 0 aliphatic heterocycles. The predicted molar refractivity (Wildman–Crippen MR) is 113 cm³/mol. The number of para-hydroxylation sites is 1. The lowest BCUT2D eigenvalue weighted by atomic mass is 10.0. The highest BCUT2D eigenvalue weighted by Crippen LogP contribution is 2.34. The van der Waals surface area contributed by atoms with Gasteiger partial charge in [-0.3, -0.25) is 0 Å². The van der Waals surface area contributed by atoms with Gasteiger partial charge in [-0.2, -0.15) is 0 Å². The SMILES string of the molecule is Cc1nc2cccc(Cl)c2nc1-c1ccc(-c2ccccc2)cc1S(C)(=O)=O. The van der Waals surface area contributed by atoms with Gasteiger partial charge >= 0.3 is 0 Å². The summed E-state index contributed by atoms with van der Waals surface area (Å²) < 4.78 is 25.2. The Bertz CT molecular complexity index is 1300. The second-order valence-electron chi connectivity index (χ2n) is 6.61. The molecule has 0 bridgehead atoms. The van der Waals surface area contributed by atoms with Crippen molar-refractivity contribution in [3.05, 3.63) is 77.4 Å². The normalized spacial score (nSPS) is 11.7. The van der Waals surface area contributed by atoms with E-state index in [1.165, 1.54) is 6.26 Å². The number of sulfone groups is 1. The first kappa shape index (κ1) is 18.6. The molecule has 0 saturated heterocycles. The van der Waals surface area contributed by atoms with Crippen molar-refractivity contribution in [3.8, 4) is 22.4 Å². The maximum Gasteiger partial charge on any atom is 0.176 e. The fourth-order valence-corrected chi connectivity index (χ4v) is 4.34. The lowest BCUT2D eigenvalue weighted by Crippen LogP contribution is -2.03. The Balaban J connectivity index is 1.99. The molecule has 1 aromatic heterocycles. The maximum absolute atomic E-state index is 12.6. The number of halogens is 1. The van der Waals surface area contributed by atoms with Gasteiger partial charge in [0.05, 0.1) is 26.8 Å². The third-order valence-corrected chi connectivity index (χ3v) is 6.00. The number of fused-ring (bicyclic) bond motifs is 1. The van der Waals surface area contributed by atoms with Gasteiger partial charge in [0, 0.05) is 11.8 Å². The van der Waals surface area contributed by atoms with Crippen LogP contribution in [0, 0.1) is 6.92 Å². The van der Waals surface area contributed by atoms with Crippen LogP contribution < -0.4 is 0 Å². The highest BCUT2D eigenvalue weighted by Gasteiger charge is 2.20. The summed E-state index contributed by atoms with van der Waals surface area (Å²) in [6, 6.07) is 20.4. The van der Waals surface area contributed by atoms with Crippen LogP contribution >= 0.6 is 11.6 Å². The zero-order valence-electron chi connectivity index (χ0n) is 15.3. The van der Waals surface area contributed by atoms with E-state index in [1.54, 1.807) is 18.2 Å². The second-order valence-corrected chi connectivity index (χ2v) is 9.01. The Morgan fingerprint density at radius 1 is 0.857 bits per heavy atom. The standard InChI is InChI=1S/C22H17ClN2O2S/c1-14-21(25-22-18(23)9-6-10-19(22)24-14)17-12-11-16(13-20(17)28(2,26)27)15-7-4-3-5-8-15/h3-13H,1-2H3. The average Bonchev–Trinajstić information content (AvgIpc) is 2.67. The van der Waals surface area contributed by atoms with Gasteiger partial charge in [0.2, 0.25) is 0 Å². The number of aryl methyl sites for hydroxylation is 1. The summed E-state index contributed by atoms with van der Waals surface area (Å²) in [4.78, 5) is 9.46. The molecule has 4 nitrogen and oxygen atoms in total. The monoisotopic (exact) mass is 408 g/mol. The molecule has 4 rings (SSSR count). The average molecular weight is 409 g/mol. The smallest absolute Gasteiger partial charge is 0.176 e. The van der Waals surface area contributed by atoms with Crippen LogP contribution in [0.3, 0.4) is 0 Å². The molecule has 6 heteroatoms. The first-order chi connectivity index (χ1) is 13.3. The van der Waals surface area contributed by atoms with E-state index in [0.29, 0.717) is 33.0 Å². The lowest BCUT2D eigenvalue weighted by molar-refractivity contribution is 0.602. The summed E-state index contributed by atoms with van der Waals surface area (Å²) in [7, 11) is -3.49. The molecular formula is C22H17ClN2O2S. The molecule has 0 fully saturated rings. The molecule has 0 spiro atoms. The van der Waals surface area contributed by atoms with Gasteiger partial charge in [0.1, 0.15) is 5.52 Å². The quantitative estimate of drug-likeness (QED) is 0.459. The minimum absolute atomic E-state index is 0.220. The zero-order valence-corrected chi connectivity index (χ0v) is 16.9. The maximum atomic E-state index is 12.6. The highest BCUT2D eigenvalue weighted by atomic mass is 35.5. The van der Waals surface area contributed by atoms with E-state index in [-0.39, 0.29) is 4.90 Å². The number of nitrogens with zero attached hydrogens (tertiary/aromatic N) is 2. The Morgan fingerprint density at radius 3 is 2.32 bits per heavy atom. The fraction of sp³-hybridized carbons (Fsp3) is 0.0909. The summed E-state index contributed by atoms with van der Waals surface area (Å²) >= 11 is 6.28. The molecule has 3 aromatic carbocycles. The van der Waals surface area contributed by atoms with Crippen LogP contribution in [0.2, 0.25) is 5.02 Å². The number of hydrogen-bond acceptors (Lipinski definition) is 4. The van der Waals surface area contributed by atoms with Gasteiger partial charge in [-0.15, -0.1) is 0 Å². The first-order valence-corrected chi connectivity index (χ1v) is 10.9. The van der Waals surface area contributed by atoms with Crippen molar-refractivity contribution in [2.75, 3.05) is 6.26 Å². The minimum atomic E-state index is -3.49. The van der Waals surface area contributed by atoms with E-state index in [1.807, 2.05) is 55.5 Å². The zero-order chi connectivity index (χ0) is 19.9. The third-order valence-electron chi connectivity index (χ3n) is 4.56. The van der Waals surface area contributed by atoms with Crippen molar-refractivity contribution in [2.24, 2.45) is 0 Å². The lowest BCUT2D eigenvalue weighted by Gasteiger charge is -2.13. The third kappa shape index (κ3) is 3.39. The molecule has 0 unspecified atom stereocenters. The van der Waals surface area contributed by atoms with Gasteiger partial charge in [0.15, 0.2) is 9.84 Å². The van der Waals surface area contributed by atoms with Gasteiger partial charge in [-0.25, -0.2) is 18.4 Å². The fourth-order valence-electron chi connectivity index (χ4n) is 3.22. The number of benzene rings is 3. The molecule has 4 aromatic rings. The number of hydrogen-bond donors (Lipinski definition) is 0. The summed E-state index contributed by atoms with van der Waals surface area (Å²) in [5.41, 5.74) is 4.69. The van der Waals surface area contributed by atoms with Crippen LogP contribution in [0.15, 0.2) is 71.6 Å². The van der Waals surface area contributed by atoms with E-state index < -0.39 is 9.84 Å². The van der Waals surface area contributed by atoms with Crippen molar-refractivity contribution in [1.82, 2.24) is 9.97 Å². The molecule has 0 aliphatic rings. The molecule has 0 amide bonds. The summed E-state index contributed by atoms with van der Waals surface area (Å²) in [6.07, 6.45) is 1.21. The Labute approximate surface area is 168 Å². The van der Waals surface area contributed by atoms with Gasteiger partial charge in [0.25, 0.3) is 0 Å². The Hall–Kier alpha value is -2.76. The molecule has 28 heavy (non-hydrogen) atoms.